The lowest BCUT2D eigenvalue weighted by Crippen LogP contribution is -2.53. The van der Waals surface area contributed by atoms with E-state index in [1.807, 2.05) is 6.92 Å². The second-order valence-electron chi connectivity index (χ2n) is 4.84. The Hall–Kier alpha value is -0.120. The van der Waals surface area contributed by atoms with E-state index in [1.165, 1.54) is 0 Å². The molecule has 1 fully saturated rings. The molecular weight excluding hydrogens is 178 g/mol. The third-order valence-corrected chi connectivity index (χ3v) is 2.87. The first-order valence-electron chi connectivity index (χ1n) is 5.53. The SMILES string of the molecule is CC(O)CCCN1CCOCC1(C)C. The number of ether oxygens (including phenoxy) is 1. The molecule has 0 amide bonds. The normalized spacial score (nSPS) is 24.9. The van der Waals surface area contributed by atoms with Gasteiger partial charge in [0.15, 0.2) is 0 Å². The van der Waals surface area contributed by atoms with Gasteiger partial charge < -0.3 is 9.84 Å². The molecule has 0 aromatic heterocycles. The van der Waals surface area contributed by atoms with Crippen molar-refractivity contribution in [1.29, 1.82) is 0 Å². The van der Waals surface area contributed by atoms with Crippen molar-refractivity contribution in [3.8, 4) is 0 Å². The first-order valence-corrected chi connectivity index (χ1v) is 5.53. The second-order valence-corrected chi connectivity index (χ2v) is 4.84. The number of rotatable bonds is 4. The Morgan fingerprint density at radius 1 is 1.50 bits per heavy atom. The number of nitrogens with zero attached hydrogens (tertiary/aromatic N) is 1. The molecule has 3 nitrogen and oxygen atoms in total. The van der Waals surface area contributed by atoms with Crippen molar-refractivity contribution in [3.63, 3.8) is 0 Å². The molecule has 1 aliphatic heterocycles. The smallest absolute Gasteiger partial charge is 0.0645 e. The van der Waals surface area contributed by atoms with Crippen LogP contribution in [0.5, 0.6) is 0 Å². The molecule has 1 N–H and O–H groups in total. The maximum absolute atomic E-state index is 9.17. The highest BCUT2D eigenvalue weighted by atomic mass is 16.5. The maximum Gasteiger partial charge on any atom is 0.0645 e. The summed E-state index contributed by atoms with van der Waals surface area (Å²) in [7, 11) is 0. The first kappa shape index (κ1) is 12.0. The van der Waals surface area contributed by atoms with E-state index in [2.05, 4.69) is 18.7 Å². The third kappa shape index (κ3) is 3.56. The van der Waals surface area contributed by atoms with Crippen LogP contribution in [0.3, 0.4) is 0 Å². The summed E-state index contributed by atoms with van der Waals surface area (Å²) in [5.41, 5.74) is 0.164. The van der Waals surface area contributed by atoms with E-state index in [0.717, 1.165) is 39.1 Å². The van der Waals surface area contributed by atoms with Crippen molar-refractivity contribution in [2.75, 3.05) is 26.3 Å². The van der Waals surface area contributed by atoms with Gasteiger partial charge in [0.05, 0.1) is 19.3 Å². The quantitative estimate of drug-likeness (QED) is 0.743. The topological polar surface area (TPSA) is 32.7 Å². The van der Waals surface area contributed by atoms with Gasteiger partial charge in [-0.3, -0.25) is 4.90 Å². The van der Waals surface area contributed by atoms with Crippen molar-refractivity contribution in [2.24, 2.45) is 0 Å². The average Bonchev–Trinajstić information content (AvgIpc) is 2.07. The van der Waals surface area contributed by atoms with Crippen LogP contribution in [-0.4, -0.2) is 48.0 Å². The lowest BCUT2D eigenvalue weighted by Gasteiger charge is -2.42. The highest BCUT2D eigenvalue weighted by Gasteiger charge is 2.29. The van der Waals surface area contributed by atoms with Crippen LogP contribution >= 0.6 is 0 Å². The summed E-state index contributed by atoms with van der Waals surface area (Å²) in [6.45, 7) is 10.0. The number of aliphatic hydroxyl groups excluding tert-OH is 1. The molecule has 0 radical (unpaired) electrons. The summed E-state index contributed by atoms with van der Waals surface area (Å²) in [5.74, 6) is 0. The van der Waals surface area contributed by atoms with E-state index in [9.17, 15) is 0 Å². The van der Waals surface area contributed by atoms with E-state index < -0.39 is 0 Å². The number of aliphatic hydroxyl groups is 1. The van der Waals surface area contributed by atoms with E-state index in [-0.39, 0.29) is 11.6 Å². The molecule has 0 aromatic rings. The second kappa shape index (κ2) is 5.10. The van der Waals surface area contributed by atoms with E-state index in [1.54, 1.807) is 0 Å². The molecule has 1 heterocycles. The van der Waals surface area contributed by atoms with Gasteiger partial charge in [0, 0.05) is 12.1 Å². The maximum atomic E-state index is 9.17. The van der Waals surface area contributed by atoms with Gasteiger partial charge in [0.1, 0.15) is 0 Å². The molecule has 1 saturated heterocycles. The Morgan fingerprint density at radius 3 is 2.79 bits per heavy atom. The Balaban J connectivity index is 2.27. The lowest BCUT2D eigenvalue weighted by molar-refractivity contribution is -0.0521. The van der Waals surface area contributed by atoms with Gasteiger partial charge in [-0.25, -0.2) is 0 Å². The van der Waals surface area contributed by atoms with Gasteiger partial charge in [-0.2, -0.15) is 0 Å². The molecule has 0 aliphatic carbocycles. The van der Waals surface area contributed by atoms with E-state index in [0.29, 0.717) is 0 Å². The predicted molar refractivity (Wildman–Crippen MR) is 57.4 cm³/mol. The van der Waals surface area contributed by atoms with Gasteiger partial charge in [-0.15, -0.1) is 0 Å². The molecule has 1 aliphatic rings. The van der Waals surface area contributed by atoms with E-state index in [4.69, 9.17) is 9.84 Å². The Morgan fingerprint density at radius 2 is 2.21 bits per heavy atom. The molecule has 0 aromatic carbocycles. The summed E-state index contributed by atoms with van der Waals surface area (Å²) < 4.78 is 5.45. The molecule has 3 heteroatoms. The largest absolute Gasteiger partial charge is 0.393 e. The minimum absolute atomic E-state index is 0.164. The molecule has 84 valence electrons. The molecular formula is C11H23NO2. The molecule has 1 rings (SSSR count). The molecule has 1 atom stereocenters. The fraction of sp³-hybridized carbons (Fsp3) is 1.00. The zero-order valence-corrected chi connectivity index (χ0v) is 9.62. The lowest BCUT2D eigenvalue weighted by atomic mass is 10.0. The van der Waals surface area contributed by atoms with Gasteiger partial charge in [0.25, 0.3) is 0 Å². The molecule has 14 heavy (non-hydrogen) atoms. The minimum atomic E-state index is -0.167. The molecule has 0 saturated carbocycles. The predicted octanol–water partition coefficient (Wildman–Crippen LogP) is 1.26. The van der Waals surface area contributed by atoms with Crippen LogP contribution in [-0.2, 0) is 4.74 Å². The van der Waals surface area contributed by atoms with Gasteiger partial charge >= 0.3 is 0 Å². The summed E-state index contributed by atoms with van der Waals surface area (Å²) in [6.07, 6.45) is 1.80. The molecule has 0 bridgehead atoms. The highest BCUT2D eigenvalue weighted by Crippen LogP contribution is 2.19. The Bertz CT molecular complexity index is 169. The third-order valence-electron chi connectivity index (χ3n) is 2.87. The standard InChI is InChI=1S/C11H23NO2/c1-10(13)5-4-6-12-7-8-14-9-11(12,2)3/h10,13H,4-9H2,1-3H3. The summed E-state index contributed by atoms with van der Waals surface area (Å²) >= 11 is 0. The van der Waals surface area contributed by atoms with Crippen molar-refractivity contribution < 1.29 is 9.84 Å². The number of hydrogen-bond donors (Lipinski definition) is 1. The fourth-order valence-corrected chi connectivity index (χ4v) is 1.88. The van der Waals surface area contributed by atoms with Crippen molar-refractivity contribution >= 4 is 0 Å². The molecule has 0 spiro atoms. The zero-order valence-electron chi connectivity index (χ0n) is 9.62. The number of morpholine rings is 1. The van der Waals surface area contributed by atoms with Gasteiger partial charge in [-0.1, -0.05) is 0 Å². The number of hydrogen-bond acceptors (Lipinski definition) is 3. The Labute approximate surface area is 87.1 Å². The van der Waals surface area contributed by atoms with Crippen LogP contribution < -0.4 is 0 Å². The highest BCUT2D eigenvalue weighted by molar-refractivity contribution is 4.84. The summed E-state index contributed by atoms with van der Waals surface area (Å²) in [6, 6.07) is 0. The zero-order chi connectivity index (χ0) is 10.6. The fourth-order valence-electron chi connectivity index (χ4n) is 1.88. The van der Waals surface area contributed by atoms with Crippen LogP contribution in [0.1, 0.15) is 33.6 Å². The van der Waals surface area contributed by atoms with Crippen molar-refractivity contribution in [2.45, 2.75) is 45.3 Å². The van der Waals surface area contributed by atoms with Crippen LogP contribution in [0.15, 0.2) is 0 Å². The molecule has 1 unspecified atom stereocenters. The Kier molecular flexibility index (Phi) is 4.35. The van der Waals surface area contributed by atoms with Crippen LogP contribution in [0, 0.1) is 0 Å². The van der Waals surface area contributed by atoms with Crippen LogP contribution in [0.2, 0.25) is 0 Å². The van der Waals surface area contributed by atoms with Gasteiger partial charge in [0.2, 0.25) is 0 Å². The van der Waals surface area contributed by atoms with Crippen molar-refractivity contribution in [1.82, 2.24) is 4.90 Å². The van der Waals surface area contributed by atoms with Crippen LogP contribution in [0.25, 0.3) is 0 Å². The van der Waals surface area contributed by atoms with Crippen molar-refractivity contribution in [3.05, 3.63) is 0 Å². The first-order chi connectivity index (χ1) is 6.52. The monoisotopic (exact) mass is 201 g/mol. The summed E-state index contributed by atoms with van der Waals surface area (Å²) in [4.78, 5) is 2.46. The van der Waals surface area contributed by atoms with E-state index >= 15 is 0 Å². The average molecular weight is 201 g/mol. The minimum Gasteiger partial charge on any atom is -0.393 e. The van der Waals surface area contributed by atoms with Crippen LogP contribution in [0.4, 0.5) is 0 Å². The summed E-state index contributed by atoms with van der Waals surface area (Å²) in [5, 5.41) is 9.17. The van der Waals surface area contributed by atoms with Gasteiger partial charge in [-0.05, 0) is 40.2 Å².